The Labute approximate surface area is 233 Å². The Bertz CT molecular complexity index is 314. The third kappa shape index (κ3) is 34.7. The van der Waals surface area contributed by atoms with Crippen LogP contribution in [0.5, 0.6) is 0 Å². The Morgan fingerprint density at radius 3 is 0.686 bits per heavy atom. The lowest BCUT2D eigenvalue weighted by atomic mass is 10.0. The van der Waals surface area contributed by atoms with E-state index in [2.05, 4.69) is 23.1 Å². The molecule has 1 unspecified atom stereocenters. The highest BCUT2D eigenvalue weighted by Crippen LogP contribution is 2.20. The lowest BCUT2D eigenvalue weighted by Gasteiger charge is -2.11. The van der Waals surface area contributed by atoms with Gasteiger partial charge in [0.05, 0.1) is 0 Å². The lowest BCUT2D eigenvalue weighted by molar-refractivity contribution is 0.516. The zero-order valence-corrected chi connectivity index (χ0v) is 26.7. The van der Waals surface area contributed by atoms with Crippen LogP contribution in [-0.4, -0.2) is 5.66 Å². The van der Waals surface area contributed by atoms with Crippen LogP contribution in [-0.2, 0) is 0 Å². The molecule has 0 saturated carbocycles. The van der Waals surface area contributed by atoms with Crippen LogP contribution in [0.3, 0.4) is 0 Å². The van der Waals surface area contributed by atoms with Crippen molar-refractivity contribution in [1.29, 1.82) is 0 Å². The third-order valence-electron chi connectivity index (χ3n) is 7.86. The fraction of sp³-hybridized carbons (Fsp3) is 1.00. The lowest BCUT2D eigenvalue weighted by Crippen LogP contribution is -1.97. The summed E-state index contributed by atoms with van der Waals surface area (Å²) in [7, 11) is 3.15. The topological polar surface area (TPSA) is 0 Å². The van der Waals surface area contributed by atoms with Gasteiger partial charge in [0.1, 0.15) is 0 Å². The van der Waals surface area contributed by atoms with Crippen LogP contribution >= 0.6 is 21.6 Å². The molecule has 0 N–H and O–H groups in total. The summed E-state index contributed by atoms with van der Waals surface area (Å²) in [5.41, 5.74) is 0.884. The molecule has 214 valence electrons. The van der Waals surface area contributed by atoms with E-state index >= 15 is 0 Å². The first-order valence-corrected chi connectivity index (χ1v) is 17.2. The molecule has 0 fully saturated rings. The van der Waals surface area contributed by atoms with E-state index in [1.807, 2.05) is 0 Å². The molecule has 0 bridgehead atoms. The minimum Gasteiger partial charge on any atom is -0.147 e. The zero-order valence-electron chi connectivity index (χ0n) is 24.8. The summed E-state index contributed by atoms with van der Waals surface area (Å²) in [5.74, 6) is 0. The molecule has 0 aromatic rings. The van der Waals surface area contributed by atoms with Gasteiger partial charge >= 0.3 is 0 Å². The molecule has 1 atom stereocenters. The molecule has 0 nitrogen and oxygen atoms in total. The van der Waals surface area contributed by atoms with E-state index in [1.165, 1.54) is 193 Å². The van der Waals surface area contributed by atoms with Crippen molar-refractivity contribution in [2.75, 3.05) is 0 Å². The van der Waals surface area contributed by atoms with E-state index in [-0.39, 0.29) is 12.4 Å². The van der Waals surface area contributed by atoms with Gasteiger partial charge in [-0.05, 0) is 18.5 Å². The molecule has 0 aromatic heterocycles. The number of halogens is 1. The SMILES string of the molecule is CCCCCCCCCCCCCCCCC(P)CCCCCCCCCCCCCCCC.Cl. The van der Waals surface area contributed by atoms with E-state index in [0.717, 1.165) is 5.66 Å². The highest BCUT2D eigenvalue weighted by molar-refractivity contribution is 7.17. The van der Waals surface area contributed by atoms with Crippen LogP contribution in [0.2, 0.25) is 0 Å². The first kappa shape index (κ1) is 37.9. The highest BCUT2D eigenvalue weighted by Gasteiger charge is 2.02. The van der Waals surface area contributed by atoms with E-state index in [4.69, 9.17) is 0 Å². The van der Waals surface area contributed by atoms with Gasteiger partial charge in [-0.2, -0.15) is 0 Å². The average molecular weight is 533 g/mol. The van der Waals surface area contributed by atoms with E-state index in [1.54, 1.807) is 0 Å². The quantitative estimate of drug-likeness (QED) is 0.0637. The fourth-order valence-corrected chi connectivity index (χ4v) is 5.82. The van der Waals surface area contributed by atoms with Gasteiger partial charge in [-0.25, -0.2) is 0 Å². The van der Waals surface area contributed by atoms with Gasteiger partial charge in [-0.15, -0.1) is 21.6 Å². The minimum atomic E-state index is 0. The van der Waals surface area contributed by atoms with Crippen LogP contribution < -0.4 is 0 Å². The fourth-order valence-electron chi connectivity index (χ4n) is 5.35. The molecule has 0 aliphatic rings. The van der Waals surface area contributed by atoms with Crippen molar-refractivity contribution in [2.45, 2.75) is 212 Å². The summed E-state index contributed by atoms with van der Waals surface area (Å²) < 4.78 is 0. The van der Waals surface area contributed by atoms with Crippen molar-refractivity contribution < 1.29 is 0 Å². The maximum atomic E-state index is 3.15. The van der Waals surface area contributed by atoms with Crippen LogP contribution in [0, 0.1) is 0 Å². The van der Waals surface area contributed by atoms with Crippen molar-refractivity contribution in [3.63, 3.8) is 0 Å². The number of hydrogen-bond acceptors (Lipinski definition) is 0. The van der Waals surface area contributed by atoms with Gasteiger partial charge in [0.15, 0.2) is 0 Å². The van der Waals surface area contributed by atoms with Gasteiger partial charge in [0.2, 0.25) is 0 Å². The third-order valence-corrected chi connectivity index (χ3v) is 8.52. The number of hydrogen-bond donors (Lipinski definition) is 0. The molecule has 0 heterocycles. The van der Waals surface area contributed by atoms with Crippen molar-refractivity contribution in [1.82, 2.24) is 0 Å². The molecule has 0 aromatic carbocycles. The molecule has 0 saturated heterocycles. The van der Waals surface area contributed by atoms with Crippen LogP contribution in [0.1, 0.15) is 206 Å². The van der Waals surface area contributed by atoms with Gasteiger partial charge < -0.3 is 0 Å². The first-order chi connectivity index (χ1) is 16.8. The van der Waals surface area contributed by atoms with Crippen molar-refractivity contribution in [2.24, 2.45) is 0 Å². The minimum absolute atomic E-state index is 0. The van der Waals surface area contributed by atoms with Gasteiger partial charge in [0, 0.05) is 0 Å². The average Bonchev–Trinajstić information content (AvgIpc) is 2.84. The second-order valence-electron chi connectivity index (χ2n) is 11.5. The molecule has 0 aliphatic heterocycles. The summed E-state index contributed by atoms with van der Waals surface area (Å²) in [6.45, 7) is 4.61. The van der Waals surface area contributed by atoms with Gasteiger partial charge in [0.25, 0.3) is 0 Å². The summed E-state index contributed by atoms with van der Waals surface area (Å²) in [5, 5.41) is 0. The van der Waals surface area contributed by atoms with Crippen LogP contribution in [0.15, 0.2) is 0 Å². The van der Waals surface area contributed by atoms with Crippen molar-refractivity contribution in [3.05, 3.63) is 0 Å². The van der Waals surface area contributed by atoms with Crippen molar-refractivity contribution in [3.8, 4) is 0 Å². The first-order valence-electron chi connectivity index (χ1n) is 16.6. The van der Waals surface area contributed by atoms with E-state index < -0.39 is 0 Å². The normalized spacial score (nSPS) is 11.3. The number of rotatable bonds is 30. The Morgan fingerprint density at radius 1 is 0.314 bits per heavy atom. The highest BCUT2D eigenvalue weighted by atomic mass is 35.5. The molecular weight excluding hydrogens is 463 g/mol. The predicted octanol–water partition coefficient (Wildman–Crippen LogP) is 13.4. The maximum Gasteiger partial charge on any atom is -0.0264 e. The van der Waals surface area contributed by atoms with E-state index in [0.29, 0.717) is 0 Å². The standard InChI is InChI=1S/C33H69P.ClH/c1-3-5-7-9-11-13-15-17-19-21-23-25-27-29-31-33(34)32-30-28-26-24-22-20-18-16-14-12-10-8-6-4-2;/h33H,3-32,34H2,1-2H3;1H. The smallest absolute Gasteiger partial charge is 0.0264 e. The van der Waals surface area contributed by atoms with Crippen molar-refractivity contribution >= 4 is 21.6 Å². The Kier molecular flexibility index (Phi) is 37.6. The summed E-state index contributed by atoms with van der Waals surface area (Å²) in [4.78, 5) is 0. The molecule has 0 amide bonds. The Hall–Kier alpha value is 0.720. The predicted molar refractivity (Wildman–Crippen MR) is 171 cm³/mol. The molecule has 2 heteroatoms. The zero-order chi connectivity index (χ0) is 24.8. The monoisotopic (exact) mass is 532 g/mol. The molecular formula is C33H70ClP. The molecule has 0 radical (unpaired) electrons. The summed E-state index contributed by atoms with van der Waals surface area (Å²) in [6, 6.07) is 0. The van der Waals surface area contributed by atoms with Crippen LogP contribution in [0.25, 0.3) is 0 Å². The molecule has 0 aliphatic carbocycles. The maximum absolute atomic E-state index is 3.15. The molecule has 0 rings (SSSR count). The Balaban J connectivity index is 0. The second-order valence-corrected chi connectivity index (χ2v) is 12.5. The summed E-state index contributed by atoms with van der Waals surface area (Å²) >= 11 is 0. The number of unbranched alkanes of at least 4 members (excludes halogenated alkanes) is 26. The summed E-state index contributed by atoms with van der Waals surface area (Å²) in [6.07, 6.45) is 44.0. The van der Waals surface area contributed by atoms with Gasteiger partial charge in [-0.1, -0.05) is 194 Å². The Morgan fingerprint density at radius 2 is 0.486 bits per heavy atom. The molecule has 0 spiro atoms. The van der Waals surface area contributed by atoms with E-state index in [9.17, 15) is 0 Å². The van der Waals surface area contributed by atoms with Crippen LogP contribution in [0.4, 0.5) is 0 Å². The molecule has 35 heavy (non-hydrogen) atoms. The largest absolute Gasteiger partial charge is 0.147 e. The second kappa shape index (κ2) is 34.7. The van der Waals surface area contributed by atoms with Gasteiger partial charge in [-0.3, -0.25) is 0 Å².